The number of nitrogens with one attached hydrogen (secondary N) is 2. The average molecular weight is 278 g/mol. The van der Waals surface area contributed by atoms with Gasteiger partial charge in [0.2, 0.25) is 0 Å². The first-order valence-electron chi connectivity index (χ1n) is 6.56. The molecule has 1 saturated carbocycles. The first-order valence-corrected chi connectivity index (χ1v) is 6.97. The SMILES string of the molecule is O=C(NC(=S)NC1CCCCC1)c1ccc(O)cc1. The van der Waals surface area contributed by atoms with Gasteiger partial charge in [-0.25, -0.2) is 0 Å². The Balaban J connectivity index is 1.84. The number of rotatable bonds is 2. The molecule has 4 nitrogen and oxygen atoms in total. The molecule has 3 N–H and O–H groups in total. The molecule has 2 rings (SSSR count). The van der Waals surface area contributed by atoms with Crippen LogP contribution in [0.2, 0.25) is 0 Å². The van der Waals surface area contributed by atoms with Gasteiger partial charge in [0.15, 0.2) is 5.11 Å². The molecule has 0 aliphatic heterocycles. The van der Waals surface area contributed by atoms with Crippen LogP contribution in [0.5, 0.6) is 5.75 Å². The van der Waals surface area contributed by atoms with Crippen molar-refractivity contribution in [1.29, 1.82) is 0 Å². The number of carbonyl (C=O) groups is 1. The number of hydrogen-bond donors (Lipinski definition) is 3. The van der Waals surface area contributed by atoms with E-state index in [-0.39, 0.29) is 11.7 Å². The third-order valence-electron chi connectivity index (χ3n) is 3.30. The summed E-state index contributed by atoms with van der Waals surface area (Å²) in [5, 5.41) is 15.4. The zero-order valence-corrected chi connectivity index (χ0v) is 11.5. The van der Waals surface area contributed by atoms with Gasteiger partial charge in [-0.15, -0.1) is 0 Å². The molecule has 1 aromatic rings. The van der Waals surface area contributed by atoms with E-state index in [1.165, 1.54) is 31.4 Å². The molecule has 0 unspecified atom stereocenters. The van der Waals surface area contributed by atoms with Crippen LogP contribution >= 0.6 is 12.2 Å². The van der Waals surface area contributed by atoms with Crippen molar-refractivity contribution in [3.05, 3.63) is 29.8 Å². The van der Waals surface area contributed by atoms with E-state index in [2.05, 4.69) is 10.6 Å². The summed E-state index contributed by atoms with van der Waals surface area (Å²) in [6.07, 6.45) is 5.92. The highest BCUT2D eigenvalue weighted by molar-refractivity contribution is 7.80. The van der Waals surface area contributed by atoms with Gasteiger partial charge in [0.05, 0.1) is 0 Å². The molecular formula is C14H18N2O2S. The lowest BCUT2D eigenvalue weighted by molar-refractivity contribution is 0.0976. The Morgan fingerprint density at radius 2 is 1.79 bits per heavy atom. The Morgan fingerprint density at radius 3 is 2.42 bits per heavy atom. The van der Waals surface area contributed by atoms with Gasteiger partial charge >= 0.3 is 0 Å². The number of amides is 1. The lowest BCUT2D eigenvalue weighted by Gasteiger charge is -2.24. The molecule has 1 aromatic carbocycles. The highest BCUT2D eigenvalue weighted by atomic mass is 32.1. The third-order valence-corrected chi connectivity index (χ3v) is 3.52. The van der Waals surface area contributed by atoms with Crippen LogP contribution in [0.15, 0.2) is 24.3 Å². The number of phenols is 1. The standard InChI is InChI=1S/C14H18N2O2S/c17-12-8-6-10(7-9-12)13(18)16-14(19)15-11-4-2-1-3-5-11/h6-9,11,17H,1-5H2,(H2,15,16,18,19). The van der Waals surface area contributed by atoms with Gasteiger partial charge in [-0.2, -0.15) is 0 Å². The minimum Gasteiger partial charge on any atom is -0.508 e. The van der Waals surface area contributed by atoms with Gasteiger partial charge in [-0.05, 0) is 49.3 Å². The predicted molar refractivity (Wildman–Crippen MR) is 78.2 cm³/mol. The van der Waals surface area contributed by atoms with E-state index in [1.54, 1.807) is 12.1 Å². The Hall–Kier alpha value is -1.62. The number of aromatic hydroxyl groups is 1. The molecule has 0 spiro atoms. The molecule has 1 fully saturated rings. The van der Waals surface area contributed by atoms with Crippen LogP contribution in [0.25, 0.3) is 0 Å². The Labute approximate surface area is 118 Å². The predicted octanol–water partition coefficient (Wildman–Crippen LogP) is 2.33. The van der Waals surface area contributed by atoms with Crippen molar-refractivity contribution in [2.45, 2.75) is 38.1 Å². The molecule has 0 saturated heterocycles. The van der Waals surface area contributed by atoms with Crippen LogP contribution < -0.4 is 10.6 Å². The third kappa shape index (κ3) is 4.21. The zero-order valence-electron chi connectivity index (χ0n) is 10.7. The van der Waals surface area contributed by atoms with Gasteiger partial charge < -0.3 is 10.4 Å². The highest BCUT2D eigenvalue weighted by Gasteiger charge is 2.15. The monoisotopic (exact) mass is 278 g/mol. The fourth-order valence-electron chi connectivity index (χ4n) is 2.26. The van der Waals surface area contributed by atoms with Gasteiger partial charge in [0.25, 0.3) is 5.91 Å². The molecule has 1 amide bonds. The zero-order chi connectivity index (χ0) is 13.7. The Morgan fingerprint density at radius 1 is 1.16 bits per heavy atom. The van der Waals surface area contributed by atoms with Crippen molar-refractivity contribution in [2.75, 3.05) is 0 Å². The van der Waals surface area contributed by atoms with E-state index in [9.17, 15) is 4.79 Å². The molecule has 19 heavy (non-hydrogen) atoms. The van der Waals surface area contributed by atoms with Gasteiger partial charge in [-0.3, -0.25) is 10.1 Å². The molecular weight excluding hydrogens is 260 g/mol. The largest absolute Gasteiger partial charge is 0.508 e. The summed E-state index contributed by atoms with van der Waals surface area (Å²) in [7, 11) is 0. The smallest absolute Gasteiger partial charge is 0.257 e. The molecule has 0 heterocycles. The highest BCUT2D eigenvalue weighted by Crippen LogP contribution is 2.17. The lowest BCUT2D eigenvalue weighted by Crippen LogP contribution is -2.44. The lowest BCUT2D eigenvalue weighted by atomic mass is 9.96. The van der Waals surface area contributed by atoms with Crippen molar-refractivity contribution in [2.24, 2.45) is 0 Å². The number of thiocarbonyl (C=S) groups is 1. The molecule has 0 radical (unpaired) electrons. The van der Waals surface area contributed by atoms with E-state index in [4.69, 9.17) is 17.3 Å². The van der Waals surface area contributed by atoms with Crippen LogP contribution in [0.4, 0.5) is 0 Å². The maximum atomic E-state index is 11.9. The van der Waals surface area contributed by atoms with Crippen molar-refractivity contribution < 1.29 is 9.90 Å². The summed E-state index contributed by atoms with van der Waals surface area (Å²) >= 11 is 5.14. The summed E-state index contributed by atoms with van der Waals surface area (Å²) in [6.45, 7) is 0. The van der Waals surface area contributed by atoms with Gasteiger partial charge in [-0.1, -0.05) is 19.3 Å². The van der Waals surface area contributed by atoms with Crippen molar-refractivity contribution in [1.82, 2.24) is 10.6 Å². The second-order valence-corrected chi connectivity index (χ2v) is 5.22. The minimum absolute atomic E-state index is 0.138. The number of phenolic OH excluding ortho intramolecular Hbond substituents is 1. The quantitative estimate of drug-likeness (QED) is 0.727. The molecule has 5 heteroatoms. The van der Waals surface area contributed by atoms with Gasteiger partial charge in [0.1, 0.15) is 5.75 Å². The van der Waals surface area contributed by atoms with E-state index in [1.807, 2.05) is 0 Å². The fraction of sp³-hybridized carbons (Fsp3) is 0.429. The molecule has 0 bridgehead atoms. The average Bonchev–Trinajstić information content (AvgIpc) is 2.40. The first kappa shape index (κ1) is 13.8. The van der Waals surface area contributed by atoms with E-state index >= 15 is 0 Å². The normalized spacial score (nSPS) is 15.8. The summed E-state index contributed by atoms with van der Waals surface area (Å²) in [5.74, 6) is -0.118. The summed E-state index contributed by atoms with van der Waals surface area (Å²) in [6, 6.07) is 6.46. The second kappa shape index (κ2) is 6.52. The van der Waals surface area contributed by atoms with E-state index < -0.39 is 0 Å². The molecule has 1 aliphatic rings. The number of benzene rings is 1. The maximum absolute atomic E-state index is 11.9. The molecule has 102 valence electrons. The van der Waals surface area contributed by atoms with Crippen LogP contribution in [0, 0.1) is 0 Å². The van der Waals surface area contributed by atoms with Crippen LogP contribution in [0.3, 0.4) is 0 Å². The van der Waals surface area contributed by atoms with E-state index in [0.717, 1.165) is 12.8 Å². The van der Waals surface area contributed by atoms with Crippen molar-refractivity contribution in [3.8, 4) is 5.75 Å². The molecule has 1 aliphatic carbocycles. The topological polar surface area (TPSA) is 61.4 Å². The Bertz CT molecular complexity index is 453. The van der Waals surface area contributed by atoms with Crippen molar-refractivity contribution >= 4 is 23.2 Å². The minimum atomic E-state index is -0.256. The van der Waals surface area contributed by atoms with Crippen LogP contribution in [0.1, 0.15) is 42.5 Å². The maximum Gasteiger partial charge on any atom is 0.257 e. The molecule has 0 aromatic heterocycles. The van der Waals surface area contributed by atoms with E-state index in [0.29, 0.717) is 16.7 Å². The second-order valence-electron chi connectivity index (χ2n) is 4.81. The first-order chi connectivity index (χ1) is 9.15. The van der Waals surface area contributed by atoms with Crippen LogP contribution in [-0.2, 0) is 0 Å². The molecule has 0 atom stereocenters. The van der Waals surface area contributed by atoms with Crippen molar-refractivity contribution in [3.63, 3.8) is 0 Å². The number of hydrogen-bond acceptors (Lipinski definition) is 3. The fourth-order valence-corrected chi connectivity index (χ4v) is 2.52. The summed E-state index contributed by atoms with van der Waals surface area (Å²) < 4.78 is 0. The van der Waals surface area contributed by atoms with Crippen LogP contribution in [-0.4, -0.2) is 22.2 Å². The summed E-state index contributed by atoms with van der Waals surface area (Å²) in [4.78, 5) is 11.9. The number of carbonyl (C=O) groups excluding carboxylic acids is 1. The van der Waals surface area contributed by atoms with Gasteiger partial charge in [0, 0.05) is 11.6 Å². The Kier molecular flexibility index (Phi) is 4.74. The summed E-state index contributed by atoms with van der Waals surface area (Å²) in [5.41, 5.74) is 0.477.